The third-order valence-corrected chi connectivity index (χ3v) is 3.02. The minimum absolute atomic E-state index is 0.0186. The summed E-state index contributed by atoms with van der Waals surface area (Å²) in [6.45, 7) is 4.56. The van der Waals surface area contributed by atoms with E-state index in [4.69, 9.17) is 4.74 Å². The lowest BCUT2D eigenvalue weighted by Gasteiger charge is -2.38. The largest absolute Gasteiger partial charge is 0.384 e. The van der Waals surface area contributed by atoms with Crippen molar-refractivity contribution in [3.8, 4) is 0 Å². The van der Waals surface area contributed by atoms with Crippen LogP contribution < -0.4 is 0 Å². The predicted molar refractivity (Wildman–Crippen MR) is 65.7 cm³/mol. The third kappa shape index (κ3) is 4.76. The van der Waals surface area contributed by atoms with Crippen molar-refractivity contribution in [3.63, 3.8) is 0 Å². The van der Waals surface area contributed by atoms with E-state index in [2.05, 4.69) is 4.74 Å². The molecule has 0 saturated carbocycles. The second kappa shape index (κ2) is 8.75. The average molecular weight is 270 g/mol. The van der Waals surface area contributed by atoms with Crippen molar-refractivity contribution in [1.29, 1.82) is 0 Å². The van der Waals surface area contributed by atoms with Crippen LogP contribution in [0.15, 0.2) is 0 Å². The molecule has 0 saturated heterocycles. The van der Waals surface area contributed by atoms with E-state index in [9.17, 15) is 13.2 Å². The maximum atomic E-state index is 14.1. The van der Waals surface area contributed by atoms with Crippen LogP contribution in [-0.2, 0) is 9.47 Å². The summed E-state index contributed by atoms with van der Waals surface area (Å²) in [5.74, 6) is 0. The van der Waals surface area contributed by atoms with Crippen LogP contribution in [-0.4, -0.2) is 31.6 Å². The Labute approximate surface area is 108 Å². The van der Waals surface area contributed by atoms with Crippen LogP contribution in [0.1, 0.15) is 52.9 Å². The second-order valence-corrected chi connectivity index (χ2v) is 4.29. The van der Waals surface area contributed by atoms with Crippen molar-refractivity contribution in [2.45, 2.75) is 64.6 Å². The topological polar surface area (TPSA) is 18.5 Å². The Bertz CT molecular complexity index is 212. The lowest BCUT2D eigenvalue weighted by atomic mass is 9.92. The fourth-order valence-corrected chi connectivity index (χ4v) is 1.91. The number of halogens is 3. The summed E-state index contributed by atoms with van der Waals surface area (Å²) in [4.78, 5) is 0. The molecule has 110 valence electrons. The van der Waals surface area contributed by atoms with E-state index in [0.717, 1.165) is 6.42 Å². The Kier molecular flexibility index (Phi) is 8.61. The van der Waals surface area contributed by atoms with Crippen molar-refractivity contribution in [2.24, 2.45) is 0 Å². The maximum Gasteiger partial charge on any atom is 0.384 e. The van der Waals surface area contributed by atoms with E-state index in [1.54, 1.807) is 13.8 Å². The number of hydrogen-bond acceptors (Lipinski definition) is 2. The standard InChI is InChI=1S/C13H25F3O2/c1-4-7-9-12(5-2,17-6-3)13(15,16)18-11-8-10-14/h4-11H2,1-3H3. The molecule has 0 aromatic heterocycles. The van der Waals surface area contributed by atoms with Gasteiger partial charge in [-0.25, -0.2) is 0 Å². The van der Waals surface area contributed by atoms with Crippen molar-refractivity contribution in [1.82, 2.24) is 0 Å². The molecule has 0 aromatic carbocycles. The Morgan fingerprint density at radius 3 is 2.11 bits per heavy atom. The molecular formula is C13H25F3O2. The van der Waals surface area contributed by atoms with Crippen LogP contribution in [0.5, 0.6) is 0 Å². The van der Waals surface area contributed by atoms with Gasteiger partial charge in [-0.2, -0.15) is 8.78 Å². The molecule has 0 aliphatic carbocycles. The normalized spacial score (nSPS) is 15.7. The van der Waals surface area contributed by atoms with Crippen LogP contribution in [0.3, 0.4) is 0 Å². The van der Waals surface area contributed by atoms with Gasteiger partial charge in [0.05, 0.1) is 13.3 Å². The summed E-state index contributed by atoms with van der Waals surface area (Å²) in [5, 5.41) is 0. The molecule has 0 radical (unpaired) electrons. The molecule has 1 unspecified atom stereocenters. The fourth-order valence-electron chi connectivity index (χ4n) is 1.91. The third-order valence-electron chi connectivity index (χ3n) is 3.02. The molecule has 0 heterocycles. The SMILES string of the molecule is CCCCC(CC)(OCC)C(F)(F)OCCCF. The molecule has 0 N–H and O–H groups in total. The van der Waals surface area contributed by atoms with Gasteiger partial charge in [0.25, 0.3) is 0 Å². The van der Waals surface area contributed by atoms with E-state index in [-0.39, 0.29) is 32.5 Å². The zero-order valence-corrected chi connectivity index (χ0v) is 11.6. The summed E-state index contributed by atoms with van der Waals surface area (Å²) in [7, 11) is 0. The molecule has 0 aromatic rings. The van der Waals surface area contributed by atoms with E-state index in [1.165, 1.54) is 0 Å². The number of hydrogen-bond donors (Lipinski definition) is 0. The Morgan fingerprint density at radius 2 is 1.67 bits per heavy atom. The minimum Gasteiger partial charge on any atom is -0.366 e. The van der Waals surface area contributed by atoms with Crippen molar-refractivity contribution in [3.05, 3.63) is 0 Å². The quantitative estimate of drug-likeness (QED) is 0.520. The summed E-state index contributed by atoms with van der Waals surface area (Å²) in [6, 6.07) is 0. The Hall–Kier alpha value is -0.290. The minimum atomic E-state index is -3.37. The van der Waals surface area contributed by atoms with Crippen LogP contribution >= 0.6 is 0 Å². The molecule has 2 nitrogen and oxygen atoms in total. The molecule has 5 heteroatoms. The average Bonchev–Trinajstić information content (AvgIpc) is 2.34. The highest BCUT2D eigenvalue weighted by Gasteiger charge is 2.54. The number of ether oxygens (including phenoxy) is 2. The summed E-state index contributed by atoms with van der Waals surface area (Å²) < 4.78 is 50.0. The molecule has 0 bridgehead atoms. The van der Waals surface area contributed by atoms with Crippen LogP contribution in [0, 0.1) is 0 Å². The van der Waals surface area contributed by atoms with E-state index < -0.39 is 18.4 Å². The number of alkyl halides is 3. The molecule has 0 spiro atoms. The molecule has 18 heavy (non-hydrogen) atoms. The summed E-state index contributed by atoms with van der Waals surface area (Å²) in [5.41, 5.74) is -1.59. The first-order valence-corrected chi connectivity index (χ1v) is 6.71. The Balaban J connectivity index is 4.76. The van der Waals surface area contributed by atoms with E-state index in [0.29, 0.717) is 6.42 Å². The summed E-state index contributed by atoms with van der Waals surface area (Å²) in [6.07, 6.45) is -1.51. The molecule has 0 amide bonds. The second-order valence-electron chi connectivity index (χ2n) is 4.29. The molecule has 1 atom stereocenters. The first-order chi connectivity index (χ1) is 8.49. The van der Waals surface area contributed by atoms with Gasteiger partial charge in [-0.3, -0.25) is 4.39 Å². The van der Waals surface area contributed by atoms with Crippen LogP contribution in [0.25, 0.3) is 0 Å². The first kappa shape index (κ1) is 17.7. The molecule has 0 rings (SSSR count). The van der Waals surface area contributed by atoms with Crippen molar-refractivity contribution >= 4 is 0 Å². The van der Waals surface area contributed by atoms with Gasteiger partial charge in [-0.1, -0.05) is 26.7 Å². The highest BCUT2D eigenvalue weighted by Crippen LogP contribution is 2.40. The van der Waals surface area contributed by atoms with E-state index in [1.807, 2.05) is 6.92 Å². The Morgan fingerprint density at radius 1 is 1.00 bits per heavy atom. The zero-order chi connectivity index (χ0) is 14.1. The van der Waals surface area contributed by atoms with Crippen molar-refractivity contribution in [2.75, 3.05) is 19.9 Å². The molecule has 0 aliphatic rings. The van der Waals surface area contributed by atoms with Gasteiger partial charge in [0.2, 0.25) is 0 Å². The maximum absolute atomic E-state index is 14.1. The van der Waals surface area contributed by atoms with Gasteiger partial charge in [-0.15, -0.1) is 0 Å². The van der Waals surface area contributed by atoms with Gasteiger partial charge in [0.15, 0.2) is 5.60 Å². The molecular weight excluding hydrogens is 245 g/mol. The van der Waals surface area contributed by atoms with Gasteiger partial charge < -0.3 is 9.47 Å². The lowest BCUT2D eigenvalue weighted by Crippen LogP contribution is -2.52. The monoisotopic (exact) mass is 270 g/mol. The summed E-state index contributed by atoms with van der Waals surface area (Å²) >= 11 is 0. The predicted octanol–water partition coefficient (Wildman–Crippen LogP) is 4.33. The van der Waals surface area contributed by atoms with E-state index >= 15 is 0 Å². The zero-order valence-electron chi connectivity index (χ0n) is 11.6. The van der Waals surface area contributed by atoms with Gasteiger partial charge in [0, 0.05) is 6.61 Å². The van der Waals surface area contributed by atoms with Crippen LogP contribution in [0.2, 0.25) is 0 Å². The molecule has 0 aliphatic heterocycles. The van der Waals surface area contributed by atoms with Gasteiger partial charge in [-0.05, 0) is 26.2 Å². The lowest BCUT2D eigenvalue weighted by molar-refractivity contribution is -0.343. The fraction of sp³-hybridized carbons (Fsp3) is 1.00. The van der Waals surface area contributed by atoms with Crippen molar-refractivity contribution < 1.29 is 22.6 Å². The number of unbranched alkanes of at least 4 members (excludes halogenated alkanes) is 1. The van der Waals surface area contributed by atoms with Crippen LogP contribution in [0.4, 0.5) is 13.2 Å². The first-order valence-electron chi connectivity index (χ1n) is 6.71. The highest BCUT2D eigenvalue weighted by molar-refractivity contribution is 4.88. The smallest absolute Gasteiger partial charge is 0.366 e. The van der Waals surface area contributed by atoms with Gasteiger partial charge >= 0.3 is 6.11 Å². The van der Waals surface area contributed by atoms with Gasteiger partial charge in [0.1, 0.15) is 0 Å². The molecule has 0 fully saturated rings. The number of rotatable bonds is 11. The highest BCUT2D eigenvalue weighted by atomic mass is 19.3.